The van der Waals surface area contributed by atoms with Gasteiger partial charge in [-0.1, -0.05) is 35.1 Å². The van der Waals surface area contributed by atoms with Gasteiger partial charge >= 0.3 is 0 Å². The van der Waals surface area contributed by atoms with Crippen LogP contribution in [0.2, 0.25) is 0 Å². The Kier molecular flexibility index (Phi) is 3.61. The molecule has 0 saturated heterocycles. The van der Waals surface area contributed by atoms with Crippen LogP contribution in [0.5, 0.6) is 11.5 Å². The number of fused-ring (bicyclic) bond motifs is 2. The molecule has 6 heteroatoms. The van der Waals surface area contributed by atoms with Crippen LogP contribution in [0.25, 0.3) is 10.2 Å². The molecule has 0 bridgehead atoms. The van der Waals surface area contributed by atoms with Crippen molar-refractivity contribution in [1.82, 2.24) is 4.98 Å². The summed E-state index contributed by atoms with van der Waals surface area (Å²) in [4.78, 5) is 16.8. The number of rotatable bonds is 3. The second-order valence-corrected chi connectivity index (χ2v) is 6.88. The minimum atomic E-state index is -0.0685. The summed E-state index contributed by atoms with van der Waals surface area (Å²) < 4.78 is 11.7. The zero-order valence-electron chi connectivity index (χ0n) is 13.4. The highest BCUT2D eigenvalue weighted by Gasteiger charge is 2.17. The number of anilines is 1. The van der Waals surface area contributed by atoms with Crippen molar-refractivity contribution in [3.63, 3.8) is 0 Å². The van der Waals surface area contributed by atoms with Gasteiger partial charge in [0.15, 0.2) is 16.6 Å². The van der Waals surface area contributed by atoms with Crippen LogP contribution in [0.1, 0.15) is 16.7 Å². The number of hydrogen-bond donors (Lipinski definition) is 1. The lowest BCUT2D eigenvalue weighted by Crippen LogP contribution is -2.14. The van der Waals surface area contributed by atoms with E-state index in [0.29, 0.717) is 17.3 Å². The van der Waals surface area contributed by atoms with E-state index in [1.165, 1.54) is 16.9 Å². The number of ether oxygens (including phenoxy) is 2. The van der Waals surface area contributed by atoms with Gasteiger partial charge in [-0.05, 0) is 25.0 Å². The summed E-state index contributed by atoms with van der Waals surface area (Å²) in [5, 5.41) is 3.47. The van der Waals surface area contributed by atoms with Crippen molar-refractivity contribution in [2.24, 2.45) is 0 Å². The average molecular weight is 340 g/mol. The number of benzene rings is 2. The second kappa shape index (κ2) is 5.79. The molecule has 0 fully saturated rings. The number of aromatic nitrogens is 1. The van der Waals surface area contributed by atoms with Gasteiger partial charge in [0.05, 0.1) is 16.6 Å². The maximum Gasteiger partial charge on any atom is 0.231 e. The van der Waals surface area contributed by atoms with Gasteiger partial charge in [-0.25, -0.2) is 4.98 Å². The highest BCUT2D eigenvalue weighted by atomic mass is 32.1. The van der Waals surface area contributed by atoms with Crippen LogP contribution < -0.4 is 14.8 Å². The van der Waals surface area contributed by atoms with Crippen LogP contribution >= 0.6 is 11.3 Å². The lowest BCUT2D eigenvalue weighted by atomic mass is 10.0. The zero-order chi connectivity index (χ0) is 16.7. The number of hydrogen-bond acceptors (Lipinski definition) is 5. The van der Waals surface area contributed by atoms with E-state index in [0.717, 1.165) is 27.1 Å². The predicted octanol–water partition coefficient (Wildman–Crippen LogP) is 3.82. The predicted molar refractivity (Wildman–Crippen MR) is 94.0 cm³/mol. The van der Waals surface area contributed by atoms with Gasteiger partial charge in [0.1, 0.15) is 0 Å². The Morgan fingerprint density at radius 2 is 2.00 bits per heavy atom. The third-order valence-electron chi connectivity index (χ3n) is 3.98. The Labute approximate surface area is 143 Å². The largest absolute Gasteiger partial charge is 0.454 e. The fourth-order valence-electron chi connectivity index (χ4n) is 2.75. The smallest absolute Gasteiger partial charge is 0.231 e. The molecule has 5 nitrogen and oxygen atoms in total. The molecule has 4 rings (SSSR count). The van der Waals surface area contributed by atoms with Gasteiger partial charge in [-0.2, -0.15) is 0 Å². The van der Waals surface area contributed by atoms with E-state index < -0.39 is 0 Å². The van der Waals surface area contributed by atoms with Crippen LogP contribution in [0.3, 0.4) is 0 Å². The van der Waals surface area contributed by atoms with Gasteiger partial charge in [-0.15, -0.1) is 0 Å². The molecule has 2 heterocycles. The number of nitrogens with one attached hydrogen (secondary N) is 1. The molecule has 1 aromatic heterocycles. The van der Waals surface area contributed by atoms with Gasteiger partial charge in [0, 0.05) is 12.1 Å². The third-order valence-corrected chi connectivity index (χ3v) is 4.91. The highest BCUT2D eigenvalue weighted by Crippen LogP contribution is 2.38. The maximum absolute atomic E-state index is 12.3. The van der Waals surface area contributed by atoms with Crippen LogP contribution in [0.15, 0.2) is 30.3 Å². The molecule has 1 aliphatic rings. The Balaban J connectivity index is 1.52. The van der Waals surface area contributed by atoms with Crippen LogP contribution in [0, 0.1) is 13.8 Å². The van der Waals surface area contributed by atoms with Crippen molar-refractivity contribution in [2.45, 2.75) is 20.3 Å². The van der Waals surface area contributed by atoms with E-state index in [1.807, 2.05) is 38.1 Å². The second-order valence-electron chi connectivity index (χ2n) is 5.85. The molecule has 0 unspecified atom stereocenters. The van der Waals surface area contributed by atoms with E-state index in [2.05, 4.69) is 16.4 Å². The molecule has 3 aromatic rings. The molecule has 1 amide bonds. The number of carbonyl (C=O) groups is 1. The summed E-state index contributed by atoms with van der Waals surface area (Å²) in [6.45, 7) is 4.31. The zero-order valence-corrected chi connectivity index (χ0v) is 14.2. The molecule has 0 saturated carbocycles. The lowest BCUT2D eigenvalue weighted by molar-refractivity contribution is -0.115. The minimum absolute atomic E-state index is 0.0685. The molecule has 0 radical (unpaired) electrons. The number of thiazole rings is 1. The molecule has 24 heavy (non-hydrogen) atoms. The Bertz CT molecular complexity index is 908. The fraction of sp³-hybridized carbons (Fsp3) is 0.222. The summed E-state index contributed by atoms with van der Waals surface area (Å²) in [6, 6.07) is 9.85. The van der Waals surface area contributed by atoms with Crippen molar-refractivity contribution >= 4 is 32.6 Å². The van der Waals surface area contributed by atoms with Crippen molar-refractivity contribution in [3.05, 3.63) is 47.0 Å². The molecule has 0 aliphatic carbocycles. The molecule has 0 atom stereocenters. The van der Waals surface area contributed by atoms with E-state index in [1.54, 1.807) is 0 Å². The number of nitrogens with zero attached hydrogens (tertiary/aromatic N) is 1. The van der Waals surface area contributed by atoms with Crippen LogP contribution in [0.4, 0.5) is 5.13 Å². The quantitative estimate of drug-likeness (QED) is 0.787. The number of carbonyl (C=O) groups excluding carboxylic acids is 1. The third kappa shape index (κ3) is 2.80. The van der Waals surface area contributed by atoms with E-state index in [9.17, 15) is 4.79 Å². The molecule has 0 spiro atoms. The first-order valence-corrected chi connectivity index (χ1v) is 8.46. The van der Waals surface area contributed by atoms with Crippen LogP contribution in [-0.2, 0) is 11.2 Å². The van der Waals surface area contributed by atoms with Crippen molar-refractivity contribution in [1.29, 1.82) is 0 Å². The monoisotopic (exact) mass is 340 g/mol. The first-order valence-electron chi connectivity index (χ1n) is 7.65. The summed E-state index contributed by atoms with van der Waals surface area (Å²) in [5.41, 5.74) is 4.14. The van der Waals surface area contributed by atoms with E-state index in [4.69, 9.17) is 9.47 Å². The molecule has 2 aromatic carbocycles. The maximum atomic E-state index is 12.3. The Morgan fingerprint density at radius 3 is 2.79 bits per heavy atom. The normalized spacial score (nSPS) is 12.6. The molecular weight excluding hydrogens is 324 g/mol. The highest BCUT2D eigenvalue weighted by molar-refractivity contribution is 7.22. The topological polar surface area (TPSA) is 60.5 Å². The SMILES string of the molecule is Cc1ccc(CC(=O)Nc2nc3cc4c(cc3s2)OCO4)c(C)c1. The Hall–Kier alpha value is -2.60. The minimum Gasteiger partial charge on any atom is -0.454 e. The van der Waals surface area contributed by atoms with E-state index in [-0.39, 0.29) is 12.7 Å². The van der Waals surface area contributed by atoms with Crippen molar-refractivity contribution < 1.29 is 14.3 Å². The molecule has 122 valence electrons. The number of aryl methyl sites for hydroxylation is 2. The van der Waals surface area contributed by atoms with Crippen molar-refractivity contribution in [2.75, 3.05) is 12.1 Å². The Morgan fingerprint density at radius 1 is 1.21 bits per heavy atom. The molecule has 1 aliphatic heterocycles. The summed E-state index contributed by atoms with van der Waals surface area (Å²) in [6.07, 6.45) is 0.338. The first kappa shape index (κ1) is 15.0. The summed E-state index contributed by atoms with van der Waals surface area (Å²) in [5.74, 6) is 1.35. The first-order chi connectivity index (χ1) is 11.6. The van der Waals surface area contributed by atoms with Gasteiger partial charge < -0.3 is 14.8 Å². The summed E-state index contributed by atoms with van der Waals surface area (Å²) >= 11 is 1.43. The molecule has 1 N–H and O–H groups in total. The number of amides is 1. The standard InChI is InChI=1S/C18H16N2O3S/c1-10-3-4-12(11(2)5-10)6-17(21)20-18-19-13-7-14-15(23-9-22-14)8-16(13)24-18/h3-5,7-8H,6,9H2,1-2H3,(H,19,20,21). The van der Waals surface area contributed by atoms with Gasteiger partial charge in [0.2, 0.25) is 12.7 Å². The van der Waals surface area contributed by atoms with Gasteiger partial charge in [-0.3, -0.25) is 4.79 Å². The lowest BCUT2D eigenvalue weighted by Gasteiger charge is -2.06. The average Bonchev–Trinajstić information content (AvgIpc) is 3.12. The van der Waals surface area contributed by atoms with Crippen molar-refractivity contribution in [3.8, 4) is 11.5 Å². The van der Waals surface area contributed by atoms with E-state index >= 15 is 0 Å². The summed E-state index contributed by atoms with van der Waals surface area (Å²) in [7, 11) is 0. The van der Waals surface area contributed by atoms with Gasteiger partial charge in [0.25, 0.3) is 0 Å². The molecular formula is C18H16N2O3S. The fourth-order valence-corrected chi connectivity index (χ4v) is 3.64. The van der Waals surface area contributed by atoms with Crippen LogP contribution in [-0.4, -0.2) is 17.7 Å².